The molecule has 0 heterocycles. The van der Waals surface area contributed by atoms with E-state index in [2.05, 4.69) is 102 Å². The maximum absolute atomic E-state index is 2.71. The number of fused-ring (bicyclic) bond motifs is 2. The summed E-state index contributed by atoms with van der Waals surface area (Å²) in [4.78, 5) is 0. The molecule has 4 rings (SSSR count). The van der Waals surface area contributed by atoms with E-state index in [0.717, 1.165) is 0 Å². The maximum atomic E-state index is 2.71. The third kappa shape index (κ3) is 3.66. The first-order chi connectivity index (χ1) is 14.7. The molecule has 0 N–H and O–H groups in total. The third-order valence-corrected chi connectivity index (χ3v) is 16.0. The topological polar surface area (TPSA) is 0 Å². The van der Waals surface area contributed by atoms with Crippen molar-refractivity contribution in [1.82, 2.24) is 0 Å². The van der Waals surface area contributed by atoms with Crippen LogP contribution in [0, 0.1) is 39.5 Å². The molecule has 2 aliphatic carbocycles. The van der Waals surface area contributed by atoms with Crippen LogP contribution in [0.25, 0.3) is 12.2 Å². The average molecular weight is 490 g/mol. The van der Waals surface area contributed by atoms with E-state index in [4.69, 9.17) is 0 Å². The molecule has 0 nitrogen and oxygen atoms in total. The summed E-state index contributed by atoms with van der Waals surface area (Å²) in [6.07, 6.45) is 5.15. The van der Waals surface area contributed by atoms with Crippen LogP contribution < -0.4 is 0 Å². The van der Waals surface area contributed by atoms with E-state index in [1.807, 2.05) is 0 Å². The Morgan fingerprint density at radius 2 is 1.06 bits per heavy atom. The fraction of sp³-hybridized carbons (Fsp3) is 0.433. The van der Waals surface area contributed by atoms with Crippen molar-refractivity contribution in [3.8, 4) is 0 Å². The van der Waals surface area contributed by atoms with Crippen molar-refractivity contribution < 1.29 is 21.3 Å². The Bertz CT molecular complexity index is 1050. The molecule has 0 saturated heterocycles. The van der Waals surface area contributed by atoms with Gasteiger partial charge < -0.3 is 0 Å². The van der Waals surface area contributed by atoms with Gasteiger partial charge in [0, 0.05) is 0 Å². The molecule has 0 fully saturated rings. The van der Waals surface area contributed by atoms with E-state index in [-0.39, 0.29) is 0 Å². The quantitative estimate of drug-likeness (QED) is 0.405. The minimum atomic E-state index is -2.11. The van der Waals surface area contributed by atoms with E-state index in [1.54, 1.807) is 22.3 Å². The van der Waals surface area contributed by atoms with Crippen molar-refractivity contribution in [2.45, 2.75) is 69.6 Å². The van der Waals surface area contributed by atoms with Gasteiger partial charge in [0.15, 0.2) is 0 Å². The molecule has 2 aromatic carbocycles. The molecular formula is C30H38Zr. The number of hydrogen-bond donors (Lipinski definition) is 0. The van der Waals surface area contributed by atoms with E-state index < -0.39 is 21.3 Å². The van der Waals surface area contributed by atoms with Crippen molar-refractivity contribution in [3.05, 3.63) is 79.9 Å². The minimum absolute atomic E-state index is 0.597. The molecule has 2 unspecified atom stereocenters. The van der Waals surface area contributed by atoms with Gasteiger partial charge in [0.1, 0.15) is 0 Å². The standard InChI is InChI=1S/2C14H17.C2H4.Zr/c2*1-9(2)13-7-12-6-5-10(3)11(4)14(12)8-13;1-2;/h2*5-9H,1-4H3;1H,2H3;. The second-order valence-corrected chi connectivity index (χ2v) is 17.0. The number of benzene rings is 2. The Kier molecular flexibility index (Phi) is 6.30. The van der Waals surface area contributed by atoms with Crippen LogP contribution in [-0.2, 0) is 21.3 Å². The Morgan fingerprint density at radius 3 is 1.39 bits per heavy atom. The first-order valence-corrected chi connectivity index (χ1v) is 16.2. The van der Waals surface area contributed by atoms with Gasteiger partial charge in [0.05, 0.1) is 0 Å². The van der Waals surface area contributed by atoms with Crippen LogP contribution in [0.4, 0.5) is 0 Å². The number of aryl methyl sites for hydroxylation is 2. The molecule has 2 aliphatic rings. The van der Waals surface area contributed by atoms with Crippen molar-refractivity contribution in [2.75, 3.05) is 0 Å². The first kappa shape index (κ1) is 22.9. The molecule has 162 valence electrons. The zero-order valence-electron chi connectivity index (χ0n) is 20.9. The fourth-order valence-corrected chi connectivity index (χ4v) is 15.1. The van der Waals surface area contributed by atoms with Gasteiger partial charge in [-0.05, 0) is 0 Å². The SMILES string of the molecule is C[CH]=[Zr]([CH]1C(C(C)C)=Cc2c1ccc(C)c2C)[CH]1C(C(C)C)=Cc2c1ccc(C)c2C. The molecule has 2 aromatic rings. The molecule has 0 aromatic heterocycles. The predicted octanol–water partition coefficient (Wildman–Crippen LogP) is 8.25. The second kappa shape index (κ2) is 8.55. The summed E-state index contributed by atoms with van der Waals surface area (Å²) in [5, 5.41) is 0. The monoisotopic (exact) mass is 488 g/mol. The van der Waals surface area contributed by atoms with Crippen LogP contribution in [0.3, 0.4) is 0 Å². The number of rotatable bonds is 4. The van der Waals surface area contributed by atoms with Gasteiger partial charge >= 0.3 is 198 Å². The van der Waals surface area contributed by atoms with E-state index in [1.165, 1.54) is 33.4 Å². The van der Waals surface area contributed by atoms with Crippen molar-refractivity contribution in [2.24, 2.45) is 11.8 Å². The molecule has 0 amide bonds. The van der Waals surface area contributed by atoms with E-state index >= 15 is 0 Å². The third-order valence-electron chi connectivity index (χ3n) is 7.88. The van der Waals surface area contributed by atoms with Crippen LogP contribution >= 0.6 is 0 Å². The van der Waals surface area contributed by atoms with Gasteiger partial charge in [-0.25, -0.2) is 0 Å². The zero-order valence-corrected chi connectivity index (χ0v) is 23.3. The molecular weight excluding hydrogens is 452 g/mol. The number of allylic oxidation sites excluding steroid dienone is 2. The Labute approximate surface area is 197 Å². The summed E-state index contributed by atoms with van der Waals surface area (Å²) >= 11 is -2.11. The van der Waals surface area contributed by atoms with Crippen LogP contribution in [0.15, 0.2) is 35.4 Å². The Morgan fingerprint density at radius 1 is 0.677 bits per heavy atom. The molecule has 0 saturated carbocycles. The molecule has 1 heteroatoms. The Hall–Kier alpha value is -1.33. The summed E-state index contributed by atoms with van der Waals surface area (Å²) in [6.45, 7) is 21.1. The van der Waals surface area contributed by atoms with Gasteiger partial charge in [-0.15, -0.1) is 0 Å². The van der Waals surface area contributed by atoms with Gasteiger partial charge in [0.2, 0.25) is 0 Å². The van der Waals surface area contributed by atoms with E-state index in [9.17, 15) is 0 Å². The summed E-state index contributed by atoms with van der Waals surface area (Å²) < 4.78 is 4.02. The molecule has 0 radical (unpaired) electrons. The Balaban J connectivity index is 1.93. The van der Waals surface area contributed by atoms with E-state index in [0.29, 0.717) is 19.1 Å². The van der Waals surface area contributed by atoms with Gasteiger partial charge in [-0.3, -0.25) is 0 Å². The summed E-state index contributed by atoms with van der Waals surface area (Å²) in [7, 11) is 0. The first-order valence-electron chi connectivity index (χ1n) is 12.0. The average Bonchev–Trinajstić information content (AvgIpc) is 3.29. The molecule has 2 atom stereocenters. The summed E-state index contributed by atoms with van der Waals surface area (Å²) in [5.74, 6) is 1.19. The molecule has 0 aliphatic heterocycles. The van der Waals surface area contributed by atoms with Gasteiger partial charge in [-0.1, -0.05) is 0 Å². The molecule has 0 bridgehead atoms. The molecule has 0 spiro atoms. The normalized spacial score (nSPS) is 19.5. The van der Waals surface area contributed by atoms with Gasteiger partial charge in [0.25, 0.3) is 0 Å². The fourth-order valence-electron chi connectivity index (χ4n) is 5.71. The molecule has 31 heavy (non-hydrogen) atoms. The van der Waals surface area contributed by atoms with Crippen LogP contribution in [0.2, 0.25) is 0 Å². The van der Waals surface area contributed by atoms with Crippen LogP contribution in [-0.4, -0.2) is 3.71 Å². The predicted molar refractivity (Wildman–Crippen MR) is 135 cm³/mol. The van der Waals surface area contributed by atoms with Crippen LogP contribution in [0.1, 0.15) is 86.4 Å². The zero-order chi connectivity index (χ0) is 22.6. The summed E-state index contributed by atoms with van der Waals surface area (Å²) in [5.41, 5.74) is 15.5. The van der Waals surface area contributed by atoms with Gasteiger partial charge in [-0.2, -0.15) is 0 Å². The van der Waals surface area contributed by atoms with Crippen molar-refractivity contribution in [1.29, 1.82) is 0 Å². The number of hydrogen-bond acceptors (Lipinski definition) is 0. The van der Waals surface area contributed by atoms with Crippen LogP contribution in [0.5, 0.6) is 0 Å². The van der Waals surface area contributed by atoms with Crippen molar-refractivity contribution >= 4 is 15.9 Å². The summed E-state index contributed by atoms with van der Waals surface area (Å²) in [6, 6.07) is 9.66. The second-order valence-electron chi connectivity index (χ2n) is 10.3. The van der Waals surface area contributed by atoms with Crippen molar-refractivity contribution in [3.63, 3.8) is 0 Å².